The summed E-state index contributed by atoms with van der Waals surface area (Å²) in [5.74, 6) is -2.12. The van der Waals surface area contributed by atoms with Gasteiger partial charge in [-0.3, -0.25) is 37.3 Å². The Hall–Kier alpha value is -1.94. The van der Waals surface area contributed by atoms with Crippen molar-refractivity contribution in [1.29, 1.82) is 0 Å². The Labute approximate surface area is 600 Å². The lowest BCUT2D eigenvalue weighted by Gasteiger charge is -2.21. The molecule has 0 aliphatic heterocycles. The fourth-order valence-corrected chi connectivity index (χ4v) is 13.9. The molecule has 0 aromatic carbocycles. The van der Waals surface area contributed by atoms with Crippen molar-refractivity contribution in [2.24, 2.45) is 0 Å². The van der Waals surface area contributed by atoms with Crippen LogP contribution in [0, 0.1) is 0 Å². The number of aliphatic hydroxyl groups is 1. The van der Waals surface area contributed by atoms with Gasteiger partial charge in [0.05, 0.1) is 26.4 Å². The number of aliphatic hydroxyl groups excluding tert-OH is 1. The SMILES string of the molecule is CCCCCCCCCCCCCCCCCCCCCCCC(=O)O[C@H](COC(=O)CCCCCCCCCCCCCCCCCCCCCC)COP(=O)(O)OC[C@@H](O)COP(=O)(O)OC[C@@H](COC(=O)CCCCCCC)OC(=O)CCCCCCCCCCCCCC. The molecule has 0 spiro atoms. The van der Waals surface area contributed by atoms with Gasteiger partial charge in [0, 0.05) is 25.7 Å². The van der Waals surface area contributed by atoms with Crippen LogP contribution in [-0.2, 0) is 65.4 Å². The van der Waals surface area contributed by atoms with Gasteiger partial charge < -0.3 is 33.8 Å². The molecule has 0 rings (SSSR count). The van der Waals surface area contributed by atoms with Gasteiger partial charge in [-0.15, -0.1) is 0 Å². The van der Waals surface area contributed by atoms with E-state index in [-0.39, 0.29) is 25.7 Å². The Bertz CT molecular complexity index is 1860. The minimum Gasteiger partial charge on any atom is -0.462 e. The molecule has 0 bridgehead atoms. The van der Waals surface area contributed by atoms with Gasteiger partial charge in [0.2, 0.25) is 0 Å². The standard InChI is InChI=1S/C79H154O17P2/c1-5-9-13-17-20-23-26-29-31-33-35-37-39-41-43-45-48-51-54-58-62-66-79(84)96-75(70-90-77(82)64-60-56-52-49-47-44-42-40-38-36-34-32-30-27-24-21-18-14-10-6-2)72-94-98(87,88)92-68-73(80)67-91-97(85,86)93-71-74(69-89-76(81)63-59-55-16-12-8-4)95-78(83)65-61-57-53-50-46-28-25-22-19-15-11-7-3/h73-75,80H,5-72H2,1-4H3,(H,85,86)(H,87,88)/t73-,74+,75+/m0/s1. The summed E-state index contributed by atoms with van der Waals surface area (Å²) in [6.45, 7) is 4.91. The summed E-state index contributed by atoms with van der Waals surface area (Å²) >= 11 is 0. The first-order valence-corrected chi connectivity index (χ1v) is 44.3. The van der Waals surface area contributed by atoms with Crippen LogP contribution < -0.4 is 0 Å². The molecule has 0 aromatic heterocycles. The largest absolute Gasteiger partial charge is 0.472 e. The summed E-state index contributed by atoms with van der Waals surface area (Å²) in [4.78, 5) is 72.6. The van der Waals surface area contributed by atoms with Crippen LogP contribution in [0.2, 0.25) is 0 Å². The van der Waals surface area contributed by atoms with Crippen LogP contribution in [0.15, 0.2) is 0 Å². The Morgan fingerprint density at radius 1 is 0.245 bits per heavy atom. The van der Waals surface area contributed by atoms with Gasteiger partial charge in [0.25, 0.3) is 0 Å². The van der Waals surface area contributed by atoms with Gasteiger partial charge in [-0.25, -0.2) is 9.13 Å². The summed E-state index contributed by atoms with van der Waals surface area (Å²) in [7, 11) is -9.90. The lowest BCUT2D eigenvalue weighted by Crippen LogP contribution is -2.30. The van der Waals surface area contributed by atoms with Gasteiger partial charge in [-0.2, -0.15) is 0 Å². The number of hydrogen-bond donors (Lipinski definition) is 3. The van der Waals surface area contributed by atoms with Gasteiger partial charge in [-0.05, 0) is 25.7 Å². The van der Waals surface area contributed by atoms with Crippen molar-refractivity contribution in [3.8, 4) is 0 Å². The van der Waals surface area contributed by atoms with Crippen molar-refractivity contribution in [3.63, 3.8) is 0 Å². The maximum absolute atomic E-state index is 13.1. The van der Waals surface area contributed by atoms with Crippen molar-refractivity contribution < 1.29 is 80.2 Å². The van der Waals surface area contributed by atoms with E-state index < -0.39 is 97.5 Å². The molecule has 3 N–H and O–H groups in total. The Kier molecular flexibility index (Phi) is 71.9. The van der Waals surface area contributed by atoms with Crippen molar-refractivity contribution >= 4 is 39.5 Å². The molecule has 0 aliphatic rings. The molecule has 0 heterocycles. The van der Waals surface area contributed by atoms with E-state index in [4.69, 9.17) is 37.0 Å². The number of ether oxygens (including phenoxy) is 4. The number of phosphoric ester groups is 2. The monoisotopic (exact) mass is 1440 g/mol. The van der Waals surface area contributed by atoms with Crippen LogP contribution >= 0.6 is 15.6 Å². The van der Waals surface area contributed by atoms with Crippen molar-refractivity contribution in [1.82, 2.24) is 0 Å². The van der Waals surface area contributed by atoms with Crippen LogP contribution in [0.3, 0.4) is 0 Å². The van der Waals surface area contributed by atoms with Gasteiger partial charge >= 0.3 is 39.5 Å². The number of esters is 4. The second-order valence-electron chi connectivity index (χ2n) is 28.5. The van der Waals surface area contributed by atoms with E-state index in [0.717, 1.165) is 96.3 Å². The van der Waals surface area contributed by atoms with Crippen LogP contribution in [0.5, 0.6) is 0 Å². The summed E-state index contributed by atoms with van der Waals surface area (Å²) in [6, 6.07) is 0. The highest BCUT2D eigenvalue weighted by molar-refractivity contribution is 7.47. The maximum Gasteiger partial charge on any atom is 0.472 e. The van der Waals surface area contributed by atoms with Crippen LogP contribution in [0.1, 0.15) is 426 Å². The van der Waals surface area contributed by atoms with Gasteiger partial charge in [0.1, 0.15) is 19.3 Å². The summed E-state index contributed by atoms with van der Waals surface area (Å²) in [5.41, 5.74) is 0. The van der Waals surface area contributed by atoms with E-state index in [2.05, 4.69) is 27.7 Å². The van der Waals surface area contributed by atoms with E-state index >= 15 is 0 Å². The molecular formula is C79H154O17P2. The molecule has 5 atom stereocenters. The summed E-state index contributed by atoms with van der Waals surface area (Å²) in [6.07, 6.45) is 65.8. The molecular weight excluding hydrogens is 1280 g/mol. The minimum atomic E-state index is -4.96. The molecule has 0 radical (unpaired) electrons. The molecule has 2 unspecified atom stereocenters. The topological polar surface area (TPSA) is 237 Å². The summed E-state index contributed by atoms with van der Waals surface area (Å²) < 4.78 is 68.4. The third-order valence-corrected chi connectivity index (χ3v) is 20.5. The molecule has 0 amide bonds. The highest BCUT2D eigenvalue weighted by atomic mass is 31.2. The zero-order valence-electron chi connectivity index (χ0n) is 63.8. The van der Waals surface area contributed by atoms with Gasteiger partial charge in [0.15, 0.2) is 12.2 Å². The number of carbonyl (C=O) groups excluding carboxylic acids is 4. The number of carbonyl (C=O) groups is 4. The molecule has 98 heavy (non-hydrogen) atoms. The number of hydrogen-bond acceptors (Lipinski definition) is 15. The Balaban J connectivity index is 5.10. The predicted molar refractivity (Wildman–Crippen MR) is 400 cm³/mol. The molecule has 582 valence electrons. The van der Waals surface area contributed by atoms with Crippen LogP contribution in [0.25, 0.3) is 0 Å². The van der Waals surface area contributed by atoms with Crippen molar-refractivity contribution in [2.45, 2.75) is 444 Å². The molecule has 0 aromatic rings. The first kappa shape index (κ1) is 96.1. The van der Waals surface area contributed by atoms with E-state index in [9.17, 15) is 43.2 Å². The van der Waals surface area contributed by atoms with Crippen molar-refractivity contribution in [2.75, 3.05) is 39.6 Å². The number of unbranched alkanes of at least 4 members (excludes halogenated alkanes) is 54. The average molecular weight is 1440 g/mol. The van der Waals surface area contributed by atoms with E-state index in [1.807, 2.05) is 0 Å². The summed E-state index contributed by atoms with van der Waals surface area (Å²) in [5, 5.41) is 10.6. The second-order valence-corrected chi connectivity index (χ2v) is 31.4. The second kappa shape index (κ2) is 73.4. The third kappa shape index (κ3) is 72.4. The third-order valence-electron chi connectivity index (χ3n) is 18.6. The fourth-order valence-electron chi connectivity index (χ4n) is 12.3. The molecule has 0 saturated heterocycles. The Morgan fingerprint density at radius 3 is 0.602 bits per heavy atom. The smallest absolute Gasteiger partial charge is 0.462 e. The lowest BCUT2D eigenvalue weighted by molar-refractivity contribution is -0.161. The minimum absolute atomic E-state index is 0.107. The first-order valence-electron chi connectivity index (χ1n) is 41.3. The van der Waals surface area contributed by atoms with Crippen LogP contribution in [-0.4, -0.2) is 96.7 Å². The van der Waals surface area contributed by atoms with Gasteiger partial charge in [-0.1, -0.05) is 374 Å². The molecule has 0 aliphatic carbocycles. The van der Waals surface area contributed by atoms with E-state index in [1.54, 1.807) is 0 Å². The number of rotatable bonds is 80. The highest BCUT2D eigenvalue weighted by Crippen LogP contribution is 2.45. The van der Waals surface area contributed by atoms with Crippen LogP contribution in [0.4, 0.5) is 0 Å². The highest BCUT2D eigenvalue weighted by Gasteiger charge is 2.30. The normalized spacial score (nSPS) is 13.8. The zero-order chi connectivity index (χ0) is 71.8. The zero-order valence-corrected chi connectivity index (χ0v) is 65.6. The Morgan fingerprint density at radius 2 is 0.408 bits per heavy atom. The maximum atomic E-state index is 13.1. The predicted octanol–water partition coefficient (Wildman–Crippen LogP) is 23.8. The number of phosphoric acid groups is 2. The quantitative estimate of drug-likeness (QED) is 0.0222. The average Bonchev–Trinajstić information content (AvgIpc) is 1.09. The molecule has 17 nitrogen and oxygen atoms in total. The molecule has 19 heteroatoms. The van der Waals surface area contributed by atoms with Crippen molar-refractivity contribution in [3.05, 3.63) is 0 Å². The molecule has 0 fully saturated rings. The lowest BCUT2D eigenvalue weighted by atomic mass is 10.0. The fraction of sp³-hybridized carbons (Fsp3) is 0.949. The van der Waals surface area contributed by atoms with E-state index in [1.165, 1.54) is 250 Å². The first-order chi connectivity index (χ1) is 47.7. The van der Waals surface area contributed by atoms with E-state index in [0.29, 0.717) is 25.7 Å². The molecule has 0 saturated carbocycles.